The number of fused-ring (bicyclic) bond motifs is 1. The highest BCUT2D eigenvalue weighted by Crippen LogP contribution is 2.25. The quantitative estimate of drug-likeness (QED) is 0.655. The number of aromatic hydroxyl groups is 1. The minimum Gasteiger partial charge on any atom is -0.506 e. The molecule has 1 fully saturated rings. The lowest BCUT2D eigenvalue weighted by molar-refractivity contribution is -0.126. The van der Waals surface area contributed by atoms with E-state index >= 15 is 0 Å². The smallest absolute Gasteiger partial charge is 0.284 e. The average Bonchev–Trinajstić information content (AvgIpc) is 2.74. The van der Waals surface area contributed by atoms with Gasteiger partial charge in [0, 0.05) is 26.2 Å². The molecule has 148 valence electrons. The standard InChI is InChI=1S/C19H17FN6O3/c1-2-14(28)24-6-8-25(9-7-24)18-15-16(21-10-22-18)19(29)26(11-23-15)17-12(20)4-3-5-13(17)27/h2-5,10-11,27H,1,6-9H2. The van der Waals surface area contributed by atoms with Crippen molar-refractivity contribution in [2.45, 2.75) is 0 Å². The molecular weight excluding hydrogens is 379 g/mol. The minimum absolute atomic E-state index is 0.00440. The Bertz CT molecular complexity index is 1150. The van der Waals surface area contributed by atoms with E-state index < -0.39 is 11.4 Å². The van der Waals surface area contributed by atoms with Crippen molar-refractivity contribution in [2.75, 3.05) is 31.1 Å². The summed E-state index contributed by atoms with van der Waals surface area (Å²) in [6.45, 7) is 5.47. The fourth-order valence-electron chi connectivity index (χ4n) is 3.33. The molecular formula is C19H17FN6O3. The van der Waals surface area contributed by atoms with Crippen LogP contribution in [0.3, 0.4) is 0 Å². The number of phenols is 1. The largest absolute Gasteiger partial charge is 0.506 e. The van der Waals surface area contributed by atoms with Gasteiger partial charge in [0.1, 0.15) is 29.6 Å². The molecule has 3 aromatic rings. The second-order valence-corrected chi connectivity index (χ2v) is 6.44. The van der Waals surface area contributed by atoms with E-state index in [0.29, 0.717) is 32.0 Å². The van der Waals surface area contributed by atoms with E-state index in [1.54, 1.807) is 4.90 Å². The first-order valence-electron chi connectivity index (χ1n) is 8.87. The topological polar surface area (TPSA) is 104 Å². The molecule has 2 aromatic heterocycles. The van der Waals surface area contributed by atoms with Gasteiger partial charge in [-0.05, 0) is 18.2 Å². The molecule has 1 aromatic carbocycles. The first-order valence-corrected chi connectivity index (χ1v) is 8.87. The highest BCUT2D eigenvalue weighted by Gasteiger charge is 2.24. The van der Waals surface area contributed by atoms with Gasteiger partial charge in [0.15, 0.2) is 17.2 Å². The van der Waals surface area contributed by atoms with Crippen LogP contribution in [0.5, 0.6) is 5.75 Å². The summed E-state index contributed by atoms with van der Waals surface area (Å²) in [4.78, 5) is 40.8. The molecule has 0 saturated carbocycles. The lowest BCUT2D eigenvalue weighted by Crippen LogP contribution is -2.48. The van der Waals surface area contributed by atoms with E-state index in [2.05, 4.69) is 21.5 Å². The highest BCUT2D eigenvalue weighted by molar-refractivity contribution is 5.88. The van der Waals surface area contributed by atoms with Gasteiger partial charge in [-0.1, -0.05) is 12.6 Å². The number of rotatable bonds is 3. The number of para-hydroxylation sites is 1. The number of anilines is 1. The van der Waals surface area contributed by atoms with Crippen molar-refractivity contribution in [3.8, 4) is 11.4 Å². The maximum Gasteiger partial charge on any atom is 0.284 e. The molecule has 1 aliphatic rings. The summed E-state index contributed by atoms with van der Waals surface area (Å²) < 4.78 is 15.1. The molecule has 0 bridgehead atoms. The van der Waals surface area contributed by atoms with Gasteiger partial charge < -0.3 is 14.9 Å². The van der Waals surface area contributed by atoms with Crippen LogP contribution in [0.2, 0.25) is 0 Å². The van der Waals surface area contributed by atoms with Crippen molar-refractivity contribution in [3.05, 3.63) is 59.7 Å². The second-order valence-electron chi connectivity index (χ2n) is 6.44. The summed E-state index contributed by atoms with van der Waals surface area (Å²) in [7, 11) is 0. The van der Waals surface area contributed by atoms with Crippen molar-refractivity contribution in [3.63, 3.8) is 0 Å². The zero-order valence-corrected chi connectivity index (χ0v) is 15.3. The van der Waals surface area contributed by atoms with Crippen molar-refractivity contribution in [1.82, 2.24) is 24.4 Å². The normalized spacial score (nSPS) is 14.2. The molecule has 0 radical (unpaired) electrons. The van der Waals surface area contributed by atoms with Gasteiger partial charge in [-0.3, -0.25) is 14.2 Å². The number of aromatic nitrogens is 4. The van der Waals surface area contributed by atoms with Crippen molar-refractivity contribution < 1.29 is 14.3 Å². The molecule has 3 heterocycles. The summed E-state index contributed by atoms with van der Waals surface area (Å²) in [6.07, 6.45) is 3.67. The van der Waals surface area contributed by atoms with E-state index in [1.165, 1.54) is 24.5 Å². The first-order chi connectivity index (χ1) is 14.0. The Labute approximate surface area is 164 Å². The second kappa shape index (κ2) is 7.30. The van der Waals surface area contributed by atoms with Crippen LogP contribution in [-0.2, 0) is 4.79 Å². The van der Waals surface area contributed by atoms with E-state index in [-0.39, 0.29) is 28.4 Å². The molecule has 29 heavy (non-hydrogen) atoms. The summed E-state index contributed by atoms with van der Waals surface area (Å²) in [6, 6.07) is 3.76. The van der Waals surface area contributed by atoms with E-state index in [1.807, 2.05) is 4.90 Å². The van der Waals surface area contributed by atoms with Gasteiger partial charge in [-0.2, -0.15) is 0 Å². The van der Waals surface area contributed by atoms with Gasteiger partial charge in [-0.15, -0.1) is 0 Å². The molecule has 0 spiro atoms. The summed E-state index contributed by atoms with van der Waals surface area (Å²) in [5.41, 5.74) is -0.638. The molecule has 1 amide bonds. The number of piperazine rings is 1. The maximum atomic E-state index is 14.2. The van der Waals surface area contributed by atoms with Crippen LogP contribution in [0, 0.1) is 5.82 Å². The van der Waals surface area contributed by atoms with Gasteiger partial charge in [0.05, 0.1) is 0 Å². The van der Waals surface area contributed by atoms with Crippen LogP contribution in [0.15, 0.2) is 48.3 Å². The third-order valence-electron chi connectivity index (χ3n) is 4.80. The van der Waals surface area contributed by atoms with Crippen LogP contribution < -0.4 is 10.5 Å². The third-order valence-corrected chi connectivity index (χ3v) is 4.80. The molecule has 1 aliphatic heterocycles. The van der Waals surface area contributed by atoms with E-state index in [9.17, 15) is 19.1 Å². The first kappa shape index (κ1) is 18.5. The summed E-state index contributed by atoms with van der Waals surface area (Å²) in [5.74, 6) is -0.818. The number of hydrogen-bond acceptors (Lipinski definition) is 7. The van der Waals surface area contributed by atoms with Gasteiger partial charge >= 0.3 is 0 Å². The number of carbonyl (C=O) groups excluding carboxylic acids is 1. The van der Waals surface area contributed by atoms with E-state index in [4.69, 9.17) is 0 Å². The fourth-order valence-corrected chi connectivity index (χ4v) is 3.33. The summed E-state index contributed by atoms with van der Waals surface area (Å²) >= 11 is 0. The van der Waals surface area contributed by atoms with Gasteiger partial charge in [0.2, 0.25) is 5.91 Å². The van der Waals surface area contributed by atoms with Crippen LogP contribution in [-0.4, -0.2) is 61.6 Å². The van der Waals surface area contributed by atoms with Crippen LogP contribution >= 0.6 is 0 Å². The molecule has 9 nitrogen and oxygen atoms in total. The average molecular weight is 396 g/mol. The Morgan fingerprint density at radius 1 is 1.14 bits per heavy atom. The lowest BCUT2D eigenvalue weighted by Gasteiger charge is -2.35. The Balaban J connectivity index is 1.74. The van der Waals surface area contributed by atoms with Crippen LogP contribution in [0.25, 0.3) is 16.7 Å². The van der Waals surface area contributed by atoms with E-state index in [0.717, 1.165) is 17.0 Å². The monoisotopic (exact) mass is 396 g/mol. The van der Waals surface area contributed by atoms with Crippen LogP contribution in [0.1, 0.15) is 0 Å². The lowest BCUT2D eigenvalue weighted by atomic mass is 10.2. The SMILES string of the molecule is C=CC(=O)N1CCN(c2ncnc3c(=O)n(-c4c(O)cccc4F)cnc23)CC1. The Hall–Kier alpha value is -3.82. The summed E-state index contributed by atoms with van der Waals surface area (Å²) in [5, 5.41) is 9.98. The van der Waals surface area contributed by atoms with Crippen molar-refractivity contribution in [1.29, 1.82) is 0 Å². The predicted octanol–water partition coefficient (Wildman–Crippen LogP) is 0.855. The zero-order valence-electron chi connectivity index (χ0n) is 15.3. The molecule has 0 atom stereocenters. The highest BCUT2D eigenvalue weighted by atomic mass is 19.1. The molecule has 0 unspecified atom stereocenters. The number of benzene rings is 1. The fraction of sp³-hybridized carbons (Fsp3) is 0.211. The zero-order chi connectivity index (χ0) is 20.5. The molecule has 4 rings (SSSR count). The number of hydrogen-bond donors (Lipinski definition) is 1. The number of halogens is 1. The van der Waals surface area contributed by atoms with Gasteiger partial charge in [0.25, 0.3) is 5.56 Å². The number of phenolic OH excluding ortho intramolecular Hbond substituents is 1. The number of amides is 1. The maximum absolute atomic E-state index is 14.2. The third kappa shape index (κ3) is 3.18. The van der Waals surface area contributed by atoms with Crippen molar-refractivity contribution >= 4 is 22.8 Å². The Morgan fingerprint density at radius 2 is 1.90 bits per heavy atom. The minimum atomic E-state index is -0.759. The Kier molecular flexibility index (Phi) is 4.67. The Morgan fingerprint density at radius 3 is 2.59 bits per heavy atom. The molecule has 1 saturated heterocycles. The van der Waals surface area contributed by atoms with Crippen molar-refractivity contribution in [2.24, 2.45) is 0 Å². The molecule has 10 heteroatoms. The molecule has 0 aliphatic carbocycles. The number of nitrogens with zero attached hydrogens (tertiary/aromatic N) is 6. The number of carbonyl (C=O) groups is 1. The molecule has 1 N–H and O–H groups in total. The predicted molar refractivity (Wildman–Crippen MR) is 104 cm³/mol. The van der Waals surface area contributed by atoms with Crippen LogP contribution in [0.4, 0.5) is 10.2 Å². The van der Waals surface area contributed by atoms with Gasteiger partial charge in [-0.25, -0.2) is 19.3 Å².